The topological polar surface area (TPSA) is 99.9 Å². The maximum atomic E-state index is 13.0. The standard InChI is InChI=1S/C27H34N6O2/c1-3-9-24(26-29-30-31-33(26)16-14-21-11-5-4-6-12-21)32(15-8-17-34)19-23-18-22-13-7-10-20(2)25(22)28-27(23)35/h4-7,10-13,18,24,34H,3,8-9,14-17,19H2,1-2H3,(H,28,35). The smallest absolute Gasteiger partial charge is 0.252 e. The predicted octanol–water partition coefficient (Wildman–Crippen LogP) is 3.79. The summed E-state index contributed by atoms with van der Waals surface area (Å²) in [7, 11) is 0. The molecule has 0 amide bonds. The molecule has 184 valence electrons. The average molecular weight is 475 g/mol. The van der Waals surface area contributed by atoms with Crippen LogP contribution in [0.25, 0.3) is 10.9 Å². The van der Waals surface area contributed by atoms with Gasteiger partial charge in [0.1, 0.15) is 0 Å². The maximum absolute atomic E-state index is 13.0. The summed E-state index contributed by atoms with van der Waals surface area (Å²) in [4.78, 5) is 18.3. The number of aromatic amines is 1. The quantitative estimate of drug-likeness (QED) is 0.324. The Bertz CT molecular complexity index is 1280. The summed E-state index contributed by atoms with van der Waals surface area (Å²) < 4.78 is 1.88. The molecule has 0 aliphatic heterocycles. The van der Waals surface area contributed by atoms with Crippen LogP contribution in [0, 0.1) is 6.92 Å². The van der Waals surface area contributed by atoms with Gasteiger partial charge < -0.3 is 10.1 Å². The first kappa shape index (κ1) is 24.8. The summed E-state index contributed by atoms with van der Waals surface area (Å²) >= 11 is 0. The molecule has 0 saturated carbocycles. The number of pyridine rings is 1. The molecule has 0 fully saturated rings. The van der Waals surface area contributed by atoms with Crippen molar-refractivity contribution in [3.05, 3.63) is 87.5 Å². The molecule has 8 heteroatoms. The first-order chi connectivity index (χ1) is 17.1. The van der Waals surface area contributed by atoms with Crippen LogP contribution in [0.15, 0.2) is 59.4 Å². The van der Waals surface area contributed by atoms with E-state index in [-0.39, 0.29) is 18.2 Å². The van der Waals surface area contributed by atoms with Crippen molar-refractivity contribution in [2.45, 2.75) is 58.7 Å². The van der Waals surface area contributed by atoms with Gasteiger partial charge in [0, 0.05) is 31.8 Å². The molecule has 1 atom stereocenters. The molecular weight excluding hydrogens is 440 g/mol. The van der Waals surface area contributed by atoms with E-state index in [2.05, 4.69) is 44.5 Å². The Morgan fingerprint density at radius 1 is 1.14 bits per heavy atom. The number of aromatic nitrogens is 5. The molecule has 0 bridgehead atoms. The van der Waals surface area contributed by atoms with Crippen LogP contribution >= 0.6 is 0 Å². The Kier molecular flexibility index (Phi) is 8.39. The van der Waals surface area contributed by atoms with Crippen LogP contribution in [0.5, 0.6) is 0 Å². The molecule has 0 spiro atoms. The van der Waals surface area contributed by atoms with Gasteiger partial charge in [0.05, 0.1) is 11.6 Å². The summed E-state index contributed by atoms with van der Waals surface area (Å²) in [6.45, 7) is 5.99. The van der Waals surface area contributed by atoms with E-state index < -0.39 is 0 Å². The SMILES string of the molecule is CCCC(c1nnnn1CCc1ccccc1)N(CCCO)Cc1cc2cccc(C)c2[nH]c1=O. The van der Waals surface area contributed by atoms with Gasteiger partial charge >= 0.3 is 0 Å². The lowest BCUT2D eigenvalue weighted by Crippen LogP contribution is -2.34. The van der Waals surface area contributed by atoms with E-state index in [1.54, 1.807) is 0 Å². The zero-order valence-corrected chi connectivity index (χ0v) is 20.5. The van der Waals surface area contributed by atoms with Gasteiger partial charge in [0.15, 0.2) is 5.82 Å². The Labute approximate surface area is 205 Å². The summed E-state index contributed by atoms with van der Waals surface area (Å²) in [5, 5.41) is 23.3. The minimum Gasteiger partial charge on any atom is -0.396 e. The van der Waals surface area contributed by atoms with Crippen LogP contribution in [0.2, 0.25) is 0 Å². The van der Waals surface area contributed by atoms with Crippen LogP contribution in [-0.4, -0.2) is 48.3 Å². The van der Waals surface area contributed by atoms with Gasteiger partial charge in [-0.1, -0.05) is 61.9 Å². The van der Waals surface area contributed by atoms with Crippen molar-refractivity contribution in [2.24, 2.45) is 0 Å². The fourth-order valence-corrected chi connectivity index (χ4v) is 4.62. The molecule has 2 aromatic heterocycles. The third-order valence-electron chi connectivity index (χ3n) is 6.46. The Morgan fingerprint density at radius 2 is 1.97 bits per heavy atom. The molecule has 2 aromatic carbocycles. The molecule has 2 heterocycles. The van der Waals surface area contributed by atoms with E-state index >= 15 is 0 Å². The number of aliphatic hydroxyl groups excluding tert-OH is 1. The lowest BCUT2D eigenvalue weighted by molar-refractivity contribution is 0.147. The van der Waals surface area contributed by atoms with Crippen LogP contribution in [-0.2, 0) is 19.5 Å². The molecule has 2 N–H and O–H groups in total. The fourth-order valence-electron chi connectivity index (χ4n) is 4.62. The van der Waals surface area contributed by atoms with Gasteiger partial charge in [-0.15, -0.1) is 5.10 Å². The van der Waals surface area contributed by atoms with Crippen molar-refractivity contribution in [1.82, 2.24) is 30.1 Å². The van der Waals surface area contributed by atoms with Crippen LogP contribution in [0.4, 0.5) is 0 Å². The predicted molar refractivity (Wildman–Crippen MR) is 137 cm³/mol. The Morgan fingerprint density at radius 3 is 2.74 bits per heavy atom. The van der Waals surface area contributed by atoms with Crippen molar-refractivity contribution in [3.8, 4) is 0 Å². The maximum Gasteiger partial charge on any atom is 0.252 e. The molecule has 0 radical (unpaired) electrons. The molecule has 1 unspecified atom stereocenters. The van der Waals surface area contributed by atoms with E-state index in [9.17, 15) is 9.90 Å². The molecule has 0 aliphatic carbocycles. The number of nitrogens with zero attached hydrogens (tertiary/aromatic N) is 5. The molecule has 8 nitrogen and oxygen atoms in total. The molecule has 4 rings (SSSR count). The number of aliphatic hydroxyl groups is 1. The minimum atomic E-state index is -0.0836. The van der Waals surface area contributed by atoms with Gasteiger partial charge in [-0.3, -0.25) is 9.69 Å². The summed E-state index contributed by atoms with van der Waals surface area (Å²) in [6, 6.07) is 18.2. The second-order valence-corrected chi connectivity index (χ2v) is 9.01. The largest absolute Gasteiger partial charge is 0.396 e. The van der Waals surface area contributed by atoms with Gasteiger partial charge in [-0.2, -0.15) is 0 Å². The third kappa shape index (κ3) is 6.01. The molecular formula is C27H34N6O2. The zero-order valence-electron chi connectivity index (χ0n) is 20.5. The minimum absolute atomic E-state index is 0.0649. The third-order valence-corrected chi connectivity index (χ3v) is 6.46. The molecule has 0 aliphatic rings. The number of rotatable bonds is 12. The van der Waals surface area contributed by atoms with Gasteiger partial charge in [0.25, 0.3) is 5.56 Å². The van der Waals surface area contributed by atoms with Crippen LogP contribution in [0.3, 0.4) is 0 Å². The highest BCUT2D eigenvalue weighted by molar-refractivity contribution is 5.81. The summed E-state index contributed by atoms with van der Waals surface area (Å²) in [6.07, 6.45) is 3.23. The first-order valence-corrected chi connectivity index (χ1v) is 12.4. The number of H-pyrrole nitrogens is 1. The zero-order chi connectivity index (χ0) is 24.6. The lowest BCUT2D eigenvalue weighted by Gasteiger charge is -2.30. The first-order valence-electron chi connectivity index (χ1n) is 12.4. The Balaban J connectivity index is 1.63. The number of fused-ring (bicyclic) bond motifs is 1. The second-order valence-electron chi connectivity index (χ2n) is 9.01. The van der Waals surface area contributed by atoms with E-state index in [1.807, 2.05) is 54.1 Å². The number of tetrazole rings is 1. The van der Waals surface area contributed by atoms with E-state index in [0.717, 1.165) is 41.6 Å². The number of benzene rings is 2. The van der Waals surface area contributed by atoms with Crippen molar-refractivity contribution in [1.29, 1.82) is 0 Å². The second kappa shape index (κ2) is 11.9. The lowest BCUT2D eigenvalue weighted by atomic mass is 10.1. The fraction of sp³-hybridized carbons (Fsp3) is 0.407. The number of hydrogen-bond acceptors (Lipinski definition) is 6. The number of aryl methyl sites for hydroxylation is 3. The monoisotopic (exact) mass is 474 g/mol. The van der Waals surface area contributed by atoms with Crippen LogP contribution in [0.1, 0.15) is 54.7 Å². The van der Waals surface area contributed by atoms with Crippen molar-refractivity contribution in [2.75, 3.05) is 13.2 Å². The van der Waals surface area contributed by atoms with E-state index in [4.69, 9.17) is 0 Å². The van der Waals surface area contributed by atoms with Gasteiger partial charge in [-0.25, -0.2) is 4.68 Å². The van der Waals surface area contributed by atoms with Crippen molar-refractivity contribution >= 4 is 10.9 Å². The number of hydrogen-bond donors (Lipinski definition) is 2. The normalized spacial score (nSPS) is 12.5. The highest BCUT2D eigenvalue weighted by Crippen LogP contribution is 2.26. The molecule has 35 heavy (non-hydrogen) atoms. The average Bonchev–Trinajstić information content (AvgIpc) is 3.34. The molecule has 4 aromatic rings. The van der Waals surface area contributed by atoms with Crippen molar-refractivity contribution in [3.63, 3.8) is 0 Å². The highest BCUT2D eigenvalue weighted by Gasteiger charge is 2.26. The van der Waals surface area contributed by atoms with E-state index in [0.29, 0.717) is 31.6 Å². The van der Waals surface area contributed by atoms with Crippen molar-refractivity contribution < 1.29 is 5.11 Å². The van der Waals surface area contributed by atoms with Gasteiger partial charge in [-0.05, 0) is 59.2 Å². The van der Waals surface area contributed by atoms with E-state index in [1.165, 1.54) is 5.56 Å². The molecule has 0 saturated heterocycles. The van der Waals surface area contributed by atoms with Gasteiger partial charge in [0.2, 0.25) is 0 Å². The van der Waals surface area contributed by atoms with Crippen LogP contribution < -0.4 is 5.56 Å². The summed E-state index contributed by atoms with van der Waals surface area (Å²) in [5.74, 6) is 0.800. The Hall–Kier alpha value is -3.36. The number of para-hydroxylation sites is 1. The highest BCUT2D eigenvalue weighted by atomic mass is 16.3. The number of nitrogens with one attached hydrogen (secondary N) is 1. The summed E-state index contributed by atoms with van der Waals surface area (Å²) in [5.41, 5.74) is 3.77.